The molecule has 2 aliphatic heterocycles. The third kappa shape index (κ3) is 4.19. The summed E-state index contributed by atoms with van der Waals surface area (Å²) >= 11 is 12.0. The molecular formula is C23H26Cl2N2O3. The Morgan fingerprint density at radius 2 is 2.03 bits per heavy atom. The molecule has 3 atom stereocenters. The molecule has 0 spiro atoms. The molecule has 4 rings (SSSR count). The van der Waals surface area contributed by atoms with Crippen molar-refractivity contribution in [3.05, 3.63) is 58.6 Å². The smallest absolute Gasteiger partial charge is 0.410 e. The first kappa shape index (κ1) is 21.1. The van der Waals surface area contributed by atoms with Crippen LogP contribution in [0.4, 0.5) is 10.5 Å². The second kappa shape index (κ2) is 9.36. The first-order valence-electron chi connectivity index (χ1n) is 10.4. The predicted molar refractivity (Wildman–Crippen MR) is 120 cm³/mol. The molecular weight excluding hydrogens is 423 g/mol. The average molecular weight is 449 g/mol. The highest BCUT2D eigenvalue weighted by Gasteiger charge is 2.46. The summed E-state index contributed by atoms with van der Waals surface area (Å²) in [5.74, 6) is 1.66. The molecule has 2 aromatic rings. The summed E-state index contributed by atoms with van der Waals surface area (Å²) in [7, 11) is 0. The number of nitrogens with one attached hydrogen (secondary N) is 1. The monoisotopic (exact) mass is 448 g/mol. The molecule has 30 heavy (non-hydrogen) atoms. The van der Waals surface area contributed by atoms with Crippen molar-refractivity contribution in [2.24, 2.45) is 0 Å². The van der Waals surface area contributed by atoms with Crippen molar-refractivity contribution < 1.29 is 14.3 Å². The summed E-state index contributed by atoms with van der Waals surface area (Å²) in [6.45, 7) is 3.40. The molecule has 2 aliphatic rings. The lowest BCUT2D eigenvalue weighted by Gasteiger charge is -2.42. The van der Waals surface area contributed by atoms with Crippen LogP contribution in [0.15, 0.2) is 42.5 Å². The number of amides is 1. The number of ether oxygens (including phenoxy) is 2. The number of alkyl halides is 1. The van der Waals surface area contributed by atoms with Crippen molar-refractivity contribution in [2.45, 2.75) is 37.8 Å². The van der Waals surface area contributed by atoms with Crippen LogP contribution in [0, 0.1) is 0 Å². The number of rotatable bonds is 6. The lowest BCUT2D eigenvalue weighted by Crippen LogP contribution is -2.49. The summed E-state index contributed by atoms with van der Waals surface area (Å²) in [5, 5.41) is 4.38. The van der Waals surface area contributed by atoms with Gasteiger partial charge >= 0.3 is 6.09 Å². The molecule has 2 heterocycles. The zero-order valence-corrected chi connectivity index (χ0v) is 18.5. The summed E-state index contributed by atoms with van der Waals surface area (Å²) < 4.78 is 11.1. The van der Waals surface area contributed by atoms with Gasteiger partial charge in [-0.25, -0.2) is 4.79 Å². The van der Waals surface area contributed by atoms with Crippen LogP contribution < -0.4 is 10.1 Å². The van der Waals surface area contributed by atoms with E-state index < -0.39 is 0 Å². The maximum absolute atomic E-state index is 12.8. The molecule has 160 valence electrons. The second-order valence-electron chi connectivity index (χ2n) is 7.59. The van der Waals surface area contributed by atoms with E-state index in [1.54, 1.807) is 0 Å². The van der Waals surface area contributed by atoms with Crippen LogP contribution in [-0.2, 0) is 4.74 Å². The third-order valence-electron chi connectivity index (χ3n) is 5.80. The van der Waals surface area contributed by atoms with Crippen LogP contribution in [0.25, 0.3) is 0 Å². The van der Waals surface area contributed by atoms with E-state index in [0.717, 1.165) is 34.9 Å². The van der Waals surface area contributed by atoms with Crippen LogP contribution in [0.2, 0.25) is 5.02 Å². The van der Waals surface area contributed by atoms with Gasteiger partial charge in [0.1, 0.15) is 5.75 Å². The fourth-order valence-electron chi connectivity index (χ4n) is 4.49. The van der Waals surface area contributed by atoms with E-state index in [9.17, 15) is 4.79 Å². The summed E-state index contributed by atoms with van der Waals surface area (Å²) in [6.07, 6.45) is 1.39. The van der Waals surface area contributed by atoms with E-state index in [1.165, 1.54) is 5.56 Å². The van der Waals surface area contributed by atoms with Crippen molar-refractivity contribution in [3.8, 4) is 5.75 Å². The number of carbonyl (C=O) groups excluding carboxylic acids is 1. The lowest BCUT2D eigenvalue weighted by molar-refractivity contribution is 0.0690. The second-order valence-corrected chi connectivity index (χ2v) is 8.41. The summed E-state index contributed by atoms with van der Waals surface area (Å²) in [5.41, 5.74) is 3.36. The quantitative estimate of drug-likeness (QED) is 0.446. The lowest BCUT2D eigenvalue weighted by atomic mass is 9.81. The number of fused-ring (bicyclic) bond motifs is 3. The van der Waals surface area contributed by atoms with Gasteiger partial charge in [-0.1, -0.05) is 23.7 Å². The Morgan fingerprint density at radius 3 is 2.77 bits per heavy atom. The number of halogens is 2. The number of hydrogen-bond acceptors (Lipinski definition) is 4. The Bertz CT molecular complexity index is 891. The average Bonchev–Trinajstić information content (AvgIpc) is 3.12. The molecule has 0 bridgehead atoms. The van der Waals surface area contributed by atoms with Gasteiger partial charge in [-0.15, -0.1) is 11.6 Å². The highest BCUT2D eigenvalue weighted by Crippen LogP contribution is 2.48. The van der Waals surface area contributed by atoms with Crippen molar-refractivity contribution in [1.82, 2.24) is 4.90 Å². The van der Waals surface area contributed by atoms with Gasteiger partial charge in [0.05, 0.1) is 25.3 Å². The van der Waals surface area contributed by atoms with Gasteiger partial charge in [0.2, 0.25) is 0 Å². The number of carbonyl (C=O) groups is 1. The van der Waals surface area contributed by atoms with Crippen molar-refractivity contribution in [2.75, 3.05) is 31.0 Å². The van der Waals surface area contributed by atoms with Gasteiger partial charge in [0.25, 0.3) is 0 Å². The first-order chi connectivity index (χ1) is 14.6. The van der Waals surface area contributed by atoms with Crippen molar-refractivity contribution >= 4 is 35.0 Å². The molecule has 0 radical (unpaired) electrons. The molecule has 0 aliphatic carbocycles. The standard InChI is InChI=1S/C23H26Cl2N2O3/c1-2-29-23(28)27-12-10-18-19-14-16(25)6-9-20(19)26-21(18)22(27)15-4-7-17(8-5-15)30-13-3-11-24/h4-9,14,18,21-22,26H,2-3,10-13H2,1H3. The molecule has 7 heteroatoms. The van der Waals surface area contributed by atoms with E-state index in [2.05, 4.69) is 5.32 Å². The fourth-order valence-corrected chi connectivity index (χ4v) is 4.78. The third-order valence-corrected chi connectivity index (χ3v) is 6.30. The minimum Gasteiger partial charge on any atom is -0.494 e. The Labute approximate surface area is 187 Å². The SMILES string of the molecule is CCOC(=O)N1CCC2c3cc(Cl)ccc3NC2C1c1ccc(OCCCCl)cc1. The minimum absolute atomic E-state index is 0.0552. The maximum Gasteiger partial charge on any atom is 0.410 e. The molecule has 0 aromatic heterocycles. The van der Waals surface area contributed by atoms with E-state index in [-0.39, 0.29) is 24.1 Å². The Balaban J connectivity index is 1.63. The van der Waals surface area contributed by atoms with Crippen molar-refractivity contribution in [3.63, 3.8) is 0 Å². The molecule has 1 N–H and O–H groups in total. The molecule has 0 saturated carbocycles. The number of likely N-dealkylation sites (tertiary alicyclic amines) is 1. The zero-order valence-electron chi connectivity index (χ0n) is 16.9. The number of anilines is 1. The first-order valence-corrected chi connectivity index (χ1v) is 11.3. The zero-order chi connectivity index (χ0) is 21.1. The van der Waals surface area contributed by atoms with Crippen LogP contribution in [0.5, 0.6) is 5.75 Å². The van der Waals surface area contributed by atoms with E-state index in [1.807, 2.05) is 54.3 Å². The number of piperidine rings is 1. The molecule has 1 amide bonds. The number of nitrogens with zero attached hydrogens (tertiary/aromatic N) is 1. The minimum atomic E-state index is -0.279. The topological polar surface area (TPSA) is 50.8 Å². The van der Waals surface area contributed by atoms with Gasteiger partial charge in [0.15, 0.2) is 0 Å². The fraction of sp³-hybridized carbons (Fsp3) is 0.435. The normalized spacial score (nSPS) is 22.1. The Morgan fingerprint density at radius 1 is 1.23 bits per heavy atom. The van der Waals surface area contributed by atoms with Crippen LogP contribution >= 0.6 is 23.2 Å². The van der Waals surface area contributed by atoms with E-state index >= 15 is 0 Å². The van der Waals surface area contributed by atoms with E-state index in [4.69, 9.17) is 32.7 Å². The molecule has 1 saturated heterocycles. The van der Waals surface area contributed by atoms with Crippen LogP contribution in [-0.4, -0.2) is 42.7 Å². The summed E-state index contributed by atoms with van der Waals surface area (Å²) in [4.78, 5) is 14.6. The van der Waals surface area contributed by atoms with Crippen LogP contribution in [0.3, 0.4) is 0 Å². The van der Waals surface area contributed by atoms with Gasteiger partial charge in [-0.2, -0.15) is 0 Å². The number of benzene rings is 2. The van der Waals surface area contributed by atoms with Gasteiger partial charge in [-0.05, 0) is 61.2 Å². The maximum atomic E-state index is 12.8. The van der Waals surface area contributed by atoms with E-state index in [0.29, 0.717) is 25.6 Å². The van der Waals surface area contributed by atoms with Gasteiger partial charge in [0, 0.05) is 29.1 Å². The number of hydrogen-bond donors (Lipinski definition) is 1. The van der Waals surface area contributed by atoms with Gasteiger partial charge in [-0.3, -0.25) is 4.90 Å². The largest absolute Gasteiger partial charge is 0.494 e. The van der Waals surface area contributed by atoms with Crippen molar-refractivity contribution in [1.29, 1.82) is 0 Å². The molecule has 1 fully saturated rings. The predicted octanol–water partition coefficient (Wildman–Crippen LogP) is 5.83. The Hall–Kier alpha value is -2.11. The molecule has 2 aromatic carbocycles. The molecule has 3 unspecified atom stereocenters. The summed E-state index contributed by atoms with van der Waals surface area (Å²) in [6, 6.07) is 13.8. The highest BCUT2D eigenvalue weighted by molar-refractivity contribution is 6.30. The Kier molecular flexibility index (Phi) is 6.59. The molecule has 5 nitrogen and oxygen atoms in total. The highest BCUT2D eigenvalue weighted by atomic mass is 35.5. The van der Waals surface area contributed by atoms with Crippen LogP contribution in [0.1, 0.15) is 42.9 Å². The van der Waals surface area contributed by atoms with Gasteiger partial charge < -0.3 is 14.8 Å².